The van der Waals surface area contributed by atoms with Crippen LogP contribution in [-0.4, -0.2) is 21.3 Å². The molecule has 0 amide bonds. The number of rotatable bonds is 2. The second kappa shape index (κ2) is 5.61. The summed E-state index contributed by atoms with van der Waals surface area (Å²) in [5, 5.41) is 12.5. The van der Waals surface area contributed by atoms with Gasteiger partial charge >= 0.3 is 0 Å². The zero-order valence-electron chi connectivity index (χ0n) is 12.2. The van der Waals surface area contributed by atoms with Gasteiger partial charge in [0.2, 0.25) is 0 Å². The second-order valence-electron chi connectivity index (χ2n) is 6.40. The number of nitrogens with one attached hydrogen (secondary N) is 1. The van der Waals surface area contributed by atoms with Crippen molar-refractivity contribution in [1.82, 2.24) is 20.1 Å². The fourth-order valence-electron chi connectivity index (χ4n) is 3.72. The summed E-state index contributed by atoms with van der Waals surface area (Å²) in [6.07, 6.45) is 9.19. The lowest BCUT2D eigenvalue weighted by Crippen LogP contribution is -2.33. The van der Waals surface area contributed by atoms with Crippen molar-refractivity contribution in [1.29, 1.82) is 0 Å². The van der Waals surface area contributed by atoms with Crippen LogP contribution in [-0.2, 0) is 0 Å². The van der Waals surface area contributed by atoms with E-state index in [9.17, 15) is 0 Å². The number of aromatic nitrogens is 3. The zero-order chi connectivity index (χ0) is 13.2. The van der Waals surface area contributed by atoms with Crippen LogP contribution in [0.3, 0.4) is 0 Å². The molecule has 1 aromatic heterocycles. The second-order valence-corrected chi connectivity index (χ2v) is 6.40. The number of aryl methyl sites for hydroxylation is 1. The van der Waals surface area contributed by atoms with Crippen molar-refractivity contribution in [2.24, 2.45) is 5.92 Å². The maximum atomic E-state index is 4.50. The molecule has 1 saturated carbocycles. The summed E-state index contributed by atoms with van der Waals surface area (Å²) in [5.41, 5.74) is 0. The van der Waals surface area contributed by atoms with Crippen LogP contribution in [0.4, 0.5) is 0 Å². The summed E-state index contributed by atoms with van der Waals surface area (Å²) in [4.78, 5) is 0. The molecule has 3 rings (SSSR count). The Morgan fingerprint density at radius 1 is 1.11 bits per heavy atom. The number of piperidine rings is 1. The van der Waals surface area contributed by atoms with Gasteiger partial charge in [-0.3, -0.25) is 0 Å². The van der Waals surface area contributed by atoms with Gasteiger partial charge in [-0.05, 0) is 45.1 Å². The molecule has 0 radical (unpaired) electrons. The lowest BCUT2D eigenvalue weighted by Gasteiger charge is -2.31. The number of nitrogens with zero attached hydrogens (tertiary/aromatic N) is 3. The molecule has 2 unspecified atom stereocenters. The first-order chi connectivity index (χ1) is 9.25. The Balaban J connectivity index is 1.84. The Kier molecular flexibility index (Phi) is 3.87. The Hall–Kier alpha value is -0.900. The van der Waals surface area contributed by atoms with Crippen molar-refractivity contribution >= 4 is 0 Å². The van der Waals surface area contributed by atoms with Crippen molar-refractivity contribution < 1.29 is 0 Å². The average Bonchev–Trinajstić information content (AvgIpc) is 2.82. The van der Waals surface area contributed by atoms with E-state index in [0.717, 1.165) is 18.3 Å². The minimum absolute atomic E-state index is 0.409. The SMILES string of the molecule is Cc1nnc(C2CC(C)CCN2)n1C1CCCCC1. The molecular weight excluding hydrogens is 236 g/mol. The van der Waals surface area contributed by atoms with Crippen LogP contribution in [0.2, 0.25) is 0 Å². The third-order valence-corrected chi connectivity index (χ3v) is 4.81. The number of hydrogen-bond donors (Lipinski definition) is 1. The van der Waals surface area contributed by atoms with Gasteiger partial charge in [0.15, 0.2) is 0 Å². The van der Waals surface area contributed by atoms with E-state index in [2.05, 4.69) is 33.9 Å². The Labute approximate surface area is 116 Å². The van der Waals surface area contributed by atoms with Crippen LogP contribution in [0.25, 0.3) is 0 Å². The fraction of sp³-hybridized carbons (Fsp3) is 0.867. The maximum absolute atomic E-state index is 4.50. The smallest absolute Gasteiger partial charge is 0.150 e. The van der Waals surface area contributed by atoms with Crippen LogP contribution < -0.4 is 5.32 Å². The van der Waals surface area contributed by atoms with Gasteiger partial charge in [-0.1, -0.05) is 26.2 Å². The van der Waals surface area contributed by atoms with Crippen LogP contribution in [0, 0.1) is 12.8 Å². The van der Waals surface area contributed by atoms with Crippen LogP contribution in [0.1, 0.15) is 75.6 Å². The fourth-order valence-corrected chi connectivity index (χ4v) is 3.72. The van der Waals surface area contributed by atoms with Crippen molar-refractivity contribution in [3.8, 4) is 0 Å². The first kappa shape index (κ1) is 13.1. The highest BCUT2D eigenvalue weighted by atomic mass is 15.3. The van der Waals surface area contributed by atoms with Crippen molar-refractivity contribution in [2.75, 3.05) is 6.54 Å². The van der Waals surface area contributed by atoms with Gasteiger partial charge in [-0.2, -0.15) is 0 Å². The quantitative estimate of drug-likeness (QED) is 0.890. The Morgan fingerprint density at radius 2 is 1.89 bits per heavy atom. The summed E-state index contributed by atoms with van der Waals surface area (Å²) in [6.45, 7) is 5.57. The van der Waals surface area contributed by atoms with Crippen molar-refractivity contribution in [3.05, 3.63) is 11.6 Å². The summed E-state index contributed by atoms with van der Waals surface area (Å²) >= 11 is 0. The molecule has 0 spiro atoms. The van der Waals surface area contributed by atoms with Gasteiger partial charge in [0, 0.05) is 6.04 Å². The van der Waals surface area contributed by atoms with E-state index in [1.54, 1.807) is 0 Å². The van der Waals surface area contributed by atoms with E-state index in [1.807, 2.05) is 0 Å². The van der Waals surface area contributed by atoms with E-state index in [-0.39, 0.29) is 0 Å². The number of hydrogen-bond acceptors (Lipinski definition) is 3. The van der Waals surface area contributed by atoms with Gasteiger partial charge in [0.05, 0.1) is 6.04 Å². The molecule has 2 heterocycles. The Bertz CT molecular complexity index is 420. The topological polar surface area (TPSA) is 42.7 Å². The molecular formula is C15H26N4. The summed E-state index contributed by atoms with van der Waals surface area (Å²) in [7, 11) is 0. The van der Waals surface area contributed by atoms with Crippen LogP contribution >= 0.6 is 0 Å². The largest absolute Gasteiger partial charge is 0.311 e. The van der Waals surface area contributed by atoms with Crippen LogP contribution in [0.5, 0.6) is 0 Å². The first-order valence-electron chi connectivity index (χ1n) is 7.90. The monoisotopic (exact) mass is 262 g/mol. The highest BCUT2D eigenvalue weighted by Gasteiger charge is 2.28. The van der Waals surface area contributed by atoms with Crippen molar-refractivity contribution in [2.45, 2.75) is 70.9 Å². The highest BCUT2D eigenvalue weighted by Crippen LogP contribution is 2.33. The molecule has 2 fully saturated rings. The first-order valence-corrected chi connectivity index (χ1v) is 7.90. The lowest BCUT2D eigenvalue weighted by atomic mass is 9.92. The molecule has 1 aromatic rings. The van der Waals surface area contributed by atoms with E-state index >= 15 is 0 Å². The summed E-state index contributed by atoms with van der Waals surface area (Å²) in [6, 6.07) is 1.05. The van der Waals surface area contributed by atoms with E-state index < -0.39 is 0 Å². The summed E-state index contributed by atoms with van der Waals surface area (Å²) in [5.74, 6) is 3.08. The minimum atomic E-state index is 0.409. The molecule has 4 nitrogen and oxygen atoms in total. The zero-order valence-corrected chi connectivity index (χ0v) is 12.2. The predicted molar refractivity (Wildman–Crippen MR) is 76.0 cm³/mol. The lowest BCUT2D eigenvalue weighted by molar-refractivity contribution is 0.285. The standard InChI is InChI=1S/C15H26N4/c1-11-8-9-16-14(10-11)15-18-17-12(2)19(15)13-6-4-3-5-7-13/h11,13-14,16H,3-10H2,1-2H3. The molecule has 1 N–H and O–H groups in total. The van der Waals surface area contributed by atoms with E-state index in [4.69, 9.17) is 0 Å². The molecule has 1 aliphatic heterocycles. The minimum Gasteiger partial charge on any atom is -0.311 e. The molecule has 4 heteroatoms. The predicted octanol–water partition coefficient (Wildman–Crippen LogP) is 3.15. The third kappa shape index (κ3) is 2.69. The molecule has 0 aromatic carbocycles. The average molecular weight is 262 g/mol. The molecule has 2 atom stereocenters. The van der Waals surface area contributed by atoms with Gasteiger partial charge < -0.3 is 9.88 Å². The van der Waals surface area contributed by atoms with Gasteiger partial charge in [-0.25, -0.2) is 0 Å². The Morgan fingerprint density at radius 3 is 2.63 bits per heavy atom. The van der Waals surface area contributed by atoms with Gasteiger partial charge in [0.25, 0.3) is 0 Å². The maximum Gasteiger partial charge on any atom is 0.150 e. The van der Waals surface area contributed by atoms with Gasteiger partial charge in [-0.15, -0.1) is 10.2 Å². The molecule has 106 valence electrons. The molecule has 2 aliphatic rings. The van der Waals surface area contributed by atoms with E-state index in [0.29, 0.717) is 12.1 Å². The van der Waals surface area contributed by atoms with E-state index in [1.165, 1.54) is 50.8 Å². The molecule has 1 aliphatic carbocycles. The van der Waals surface area contributed by atoms with Crippen LogP contribution in [0.15, 0.2) is 0 Å². The van der Waals surface area contributed by atoms with Gasteiger partial charge in [0.1, 0.15) is 11.6 Å². The molecule has 0 bridgehead atoms. The molecule has 19 heavy (non-hydrogen) atoms. The third-order valence-electron chi connectivity index (χ3n) is 4.81. The molecule has 1 saturated heterocycles. The summed E-state index contributed by atoms with van der Waals surface area (Å²) < 4.78 is 2.44. The highest BCUT2D eigenvalue weighted by molar-refractivity contribution is 5.04. The van der Waals surface area contributed by atoms with Crippen molar-refractivity contribution in [3.63, 3.8) is 0 Å². The normalized spacial score (nSPS) is 29.6.